The highest BCUT2D eigenvalue weighted by Gasteiger charge is 2.44. The van der Waals surface area contributed by atoms with Crippen LogP contribution in [-0.4, -0.2) is 57.9 Å². The molecule has 1 rings (SSSR count). The van der Waals surface area contributed by atoms with E-state index in [-0.39, 0.29) is 13.2 Å². The van der Waals surface area contributed by atoms with E-state index in [1.54, 1.807) is 0 Å². The van der Waals surface area contributed by atoms with Crippen molar-refractivity contribution in [3.05, 3.63) is 0 Å². The van der Waals surface area contributed by atoms with Crippen molar-refractivity contribution in [3.8, 4) is 0 Å². The van der Waals surface area contributed by atoms with E-state index in [2.05, 4.69) is 13.8 Å². The van der Waals surface area contributed by atoms with Crippen molar-refractivity contribution in [2.45, 2.75) is 244 Å². The Labute approximate surface area is 314 Å². The number of hydrogen-bond donors (Lipinski definition) is 2. The molecule has 2 N–H and O–H groups in total. The van der Waals surface area contributed by atoms with Crippen LogP contribution in [-0.2, 0) is 14.2 Å². The lowest BCUT2D eigenvalue weighted by Gasteiger charge is -2.28. The lowest BCUT2D eigenvalue weighted by Crippen LogP contribution is -2.45. The van der Waals surface area contributed by atoms with Crippen molar-refractivity contribution in [3.63, 3.8) is 0 Å². The quantitative estimate of drug-likeness (QED) is 0.0492. The van der Waals surface area contributed by atoms with Crippen LogP contribution in [0.15, 0.2) is 0 Å². The summed E-state index contributed by atoms with van der Waals surface area (Å²) in [4.78, 5) is 0. The molecule has 7 heteroatoms. The highest BCUT2D eigenvalue weighted by molar-refractivity contribution is 7.80. The Balaban J connectivity index is 2.08. The minimum Gasteiger partial charge on any atom is -0.479 e. The first kappa shape index (κ1) is 46.7. The maximum absolute atomic E-state index is 10.6. The van der Waals surface area contributed by atoms with Crippen LogP contribution < -0.4 is 0 Å². The molecular formula is C42H80O5S2. The summed E-state index contributed by atoms with van der Waals surface area (Å²) in [6.07, 6.45) is 38.5. The average Bonchev–Trinajstić information content (AvgIpc) is 3.45. The van der Waals surface area contributed by atoms with E-state index in [1.165, 1.54) is 167 Å². The summed E-state index contributed by atoms with van der Waals surface area (Å²) in [7, 11) is 0. The van der Waals surface area contributed by atoms with Gasteiger partial charge in [-0.25, -0.2) is 0 Å². The highest BCUT2D eigenvalue weighted by Crippen LogP contribution is 2.25. The lowest BCUT2D eigenvalue weighted by atomic mass is 10.0. The van der Waals surface area contributed by atoms with Gasteiger partial charge in [-0.2, -0.15) is 0 Å². The van der Waals surface area contributed by atoms with Crippen LogP contribution in [0.1, 0.15) is 219 Å². The van der Waals surface area contributed by atoms with Gasteiger partial charge in [0, 0.05) is 12.8 Å². The minimum absolute atomic E-state index is 0.141. The fourth-order valence-electron chi connectivity index (χ4n) is 7.01. The van der Waals surface area contributed by atoms with Gasteiger partial charge < -0.3 is 24.4 Å². The normalized spacial score (nSPS) is 18.2. The monoisotopic (exact) mass is 729 g/mol. The van der Waals surface area contributed by atoms with Gasteiger partial charge in [0.2, 0.25) is 0 Å². The molecule has 290 valence electrons. The lowest BCUT2D eigenvalue weighted by molar-refractivity contribution is -0.0577. The molecule has 1 saturated heterocycles. The molecule has 1 heterocycles. The Bertz CT molecular complexity index is 751. The Morgan fingerprint density at radius 3 is 1.22 bits per heavy atom. The molecule has 0 aromatic rings. The van der Waals surface area contributed by atoms with Gasteiger partial charge in [-0.3, -0.25) is 0 Å². The number of ether oxygens (including phenoxy) is 3. The average molecular weight is 729 g/mol. The maximum Gasteiger partial charge on any atom is 0.160 e. The summed E-state index contributed by atoms with van der Waals surface area (Å²) in [5.41, 5.74) is 0. The Hall–Kier alpha value is -0.340. The van der Waals surface area contributed by atoms with Crippen LogP contribution in [0.25, 0.3) is 0 Å². The van der Waals surface area contributed by atoms with Gasteiger partial charge in [0.15, 0.2) is 22.3 Å². The molecule has 4 atom stereocenters. The van der Waals surface area contributed by atoms with E-state index in [0.717, 1.165) is 25.7 Å². The zero-order valence-corrected chi connectivity index (χ0v) is 33.9. The largest absolute Gasteiger partial charge is 0.479 e. The van der Waals surface area contributed by atoms with Crippen molar-refractivity contribution in [2.24, 2.45) is 0 Å². The third-order valence-electron chi connectivity index (χ3n) is 10.2. The summed E-state index contributed by atoms with van der Waals surface area (Å²) in [5, 5.41) is 21.7. The minimum atomic E-state index is -0.800. The molecule has 0 spiro atoms. The molecule has 5 nitrogen and oxygen atoms in total. The van der Waals surface area contributed by atoms with E-state index in [0.29, 0.717) is 22.9 Å². The van der Waals surface area contributed by atoms with Gasteiger partial charge in [0.1, 0.15) is 12.2 Å². The molecule has 0 amide bonds. The van der Waals surface area contributed by atoms with Gasteiger partial charge in [-0.1, -0.05) is 194 Å². The fraction of sp³-hybridized carbons (Fsp3) is 0.952. The molecule has 1 fully saturated rings. The van der Waals surface area contributed by atoms with Crippen molar-refractivity contribution in [1.29, 1.82) is 0 Å². The van der Waals surface area contributed by atoms with Crippen molar-refractivity contribution in [1.82, 2.24) is 0 Å². The SMILES string of the molecule is CCCCCCCCCCCCCCCCCC(=S)O[C@@H]1[C@H]([C@H](CO)OC(=S)CCCCCCCCCCCCCCCCC)OC[C@H]1O. The van der Waals surface area contributed by atoms with Gasteiger partial charge in [-0.05, 0) is 37.3 Å². The zero-order chi connectivity index (χ0) is 35.6. The van der Waals surface area contributed by atoms with Crippen molar-refractivity contribution in [2.75, 3.05) is 13.2 Å². The van der Waals surface area contributed by atoms with Crippen LogP contribution >= 0.6 is 24.4 Å². The molecule has 0 aromatic carbocycles. The van der Waals surface area contributed by atoms with Gasteiger partial charge in [0.25, 0.3) is 0 Å². The second-order valence-electron chi connectivity index (χ2n) is 14.9. The van der Waals surface area contributed by atoms with E-state index in [4.69, 9.17) is 38.6 Å². The van der Waals surface area contributed by atoms with E-state index in [9.17, 15) is 10.2 Å². The van der Waals surface area contributed by atoms with Crippen LogP contribution in [0.2, 0.25) is 0 Å². The first-order chi connectivity index (χ1) is 24.0. The van der Waals surface area contributed by atoms with Crippen LogP contribution in [0, 0.1) is 0 Å². The first-order valence-electron chi connectivity index (χ1n) is 21.3. The molecule has 0 radical (unpaired) electrons. The fourth-order valence-corrected chi connectivity index (χ4v) is 7.53. The van der Waals surface area contributed by atoms with Crippen LogP contribution in [0.5, 0.6) is 0 Å². The Kier molecular flexibility index (Phi) is 33.1. The number of thiocarbonyl (C=S) groups is 2. The summed E-state index contributed by atoms with van der Waals surface area (Å²) in [5.74, 6) is 0. The summed E-state index contributed by atoms with van der Waals surface area (Å²) in [6, 6.07) is 0. The molecular weight excluding hydrogens is 649 g/mol. The molecule has 0 unspecified atom stereocenters. The third kappa shape index (κ3) is 27.0. The number of aliphatic hydroxyl groups is 2. The second-order valence-corrected chi connectivity index (χ2v) is 15.8. The van der Waals surface area contributed by atoms with E-state index < -0.39 is 24.4 Å². The van der Waals surface area contributed by atoms with Gasteiger partial charge >= 0.3 is 0 Å². The Morgan fingerprint density at radius 1 is 0.551 bits per heavy atom. The van der Waals surface area contributed by atoms with Crippen LogP contribution in [0.3, 0.4) is 0 Å². The summed E-state index contributed by atoms with van der Waals surface area (Å²) >= 11 is 11.1. The second kappa shape index (κ2) is 34.7. The zero-order valence-electron chi connectivity index (χ0n) is 32.3. The maximum atomic E-state index is 10.6. The standard InChI is InChI=1S/C42H80O5S2/c1-3-5-7-9-11-13-15-17-19-21-23-25-27-29-31-33-39(48)46-38(35-43)42-41(37(44)36-45-42)47-40(49)34-32-30-28-26-24-22-20-18-16-14-12-10-8-6-4-2/h37-38,41-44H,3-36H2,1-2H3/t37-,38+,41+,42+/m1/s1. The molecule has 0 bridgehead atoms. The predicted molar refractivity (Wildman–Crippen MR) is 217 cm³/mol. The van der Waals surface area contributed by atoms with Crippen LogP contribution in [0.4, 0.5) is 0 Å². The first-order valence-corrected chi connectivity index (χ1v) is 22.1. The highest BCUT2D eigenvalue weighted by atomic mass is 32.1. The number of rotatable bonds is 36. The number of aliphatic hydroxyl groups excluding tert-OH is 2. The van der Waals surface area contributed by atoms with Crippen molar-refractivity contribution < 1.29 is 24.4 Å². The van der Waals surface area contributed by atoms with E-state index >= 15 is 0 Å². The van der Waals surface area contributed by atoms with Gasteiger partial charge in [-0.15, -0.1) is 0 Å². The van der Waals surface area contributed by atoms with Crippen molar-refractivity contribution >= 4 is 34.5 Å². The molecule has 1 aliphatic rings. The number of hydrogen-bond acceptors (Lipinski definition) is 7. The Morgan fingerprint density at radius 2 is 0.878 bits per heavy atom. The van der Waals surface area contributed by atoms with Gasteiger partial charge in [0.05, 0.1) is 13.2 Å². The topological polar surface area (TPSA) is 68.2 Å². The van der Waals surface area contributed by atoms with E-state index in [1.807, 2.05) is 0 Å². The molecule has 0 aromatic heterocycles. The third-order valence-corrected chi connectivity index (χ3v) is 10.8. The smallest absolute Gasteiger partial charge is 0.160 e. The summed E-state index contributed by atoms with van der Waals surface area (Å²) in [6.45, 7) is 4.45. The summed E-state index contributed by atoms with van der Waals surface area (Å²) < 4.78 is 17.8. The predicted octanol–water partition coefficient (Wildman–Crippen LogP) is 12.7. The molecule has 0 aliphatic carbocycles. The molecule has 1 aliphatic heterocycles. The number of unbranched alkanes of at least 4 members (excludes halogenated alkanes) is 28. The molecule has 0 saturated carbocycles. The molecule has 49 heavy (non-hydrogen) atoms.